The van der Waals surface area contributed by atoms with Gasteiger partial charge < -0.3 is 9.88 Å². The summed E-state index contributed by atoms with van der Waals surface area (Å²) in [4.78, 5) is 16.6. The molecule has 352 valence electrons. The molecule has 3 aromatic heterocycles. The van der Waals surface area contributed by atoms with Crippen LogP contribution in [-0.2, 0) is 32.5 Å². The van der Waals surface area contributed by atoms with Crippen LogP contribution in [0.2, 0.25) is 0 Å². The summed E-state index contributed by atoms with van der Waals surface area (Å²) in [6.45, 7) is 41.8. The maximum absolute atomic E-state index is 5.28. The summed E-state index contributed by atoms with van der Waals surface area (Å²) in [5, 5.41) is 2.43. The summed E-state index contributed by atoms with van der Waals surface area (Å²) >= 11 is 0. The van der Waals surface area contributed by atoms with Crippen LogP contribution in [0.25, 0.3) is 55.4 Å². The monoisotopic (exact) mass is 901 g/mol. The van der Waals surface area contributed by atoms with Crippen LogP contribution in [0.15, 0.2) is 128 Å². The third-order valence-electron chi connectivity index (χ3n) is 13.8. The first kappa shape index (κ1) is 48.5. The fourth-order valence-electron chi connectivity index (χ4n) is 9.14. The second kappa shape index (κ2) is 16.9. The Bertz CT molecular complexity index is 3020. The van der Waals surface area contributed by atoms with E-state index >= 15 is 0 Å². The smallest absolute Gasteiger partial charge is 0.0744 e. The zero-order valence-electron chi connectivity index (χ0n) is 44.5. The van der Waals surface area contributed by atoms with E-state index in [0.717, 1.165) is 56.2 Å². The molecule has 5 aromatic carbocycles. The molecule has 0 atom stereocenters. The molecule has 68 heavy (non-hydrogen) atoms. The fourth-order valence-corrected chi connectivity index (χ4v) is 9.14. The van der Waals surface area contributed by atoms with Gasteiger partial charge in [0.15, 0.2) is 0 Å². The molecule has 3 heterocycles. The predicted octanol–water partition coefficient (Wildman–Crippen LogP) is 18.4. The zero-order valence-corrected chi connectivity index (χ0v) is 44.5. The summed E-state index contributed by atoms with van der Waals surface area (Å²) in [7, 11) is 0. The topological polar surface area (TPSA) is 44.8 Å². The molecule has 0 bridgehead atoms. The van der Waals surface area contributed by atoms with Gasteiger partial charge in [-0.15, -0.1) is 0 Å². The fraction of sp³-hybridized carbons (Fsp3) is 0.375. The van der Waals surface area contributed by atoms with Gasteiger partial charge in [0, 0.05) is 56.9 Å². The maximum atomic E-state index is 5.28. The summed E-state index contributed by atoms with van der Waals surface area (Å²) < 4.78 is 0. The van der Waals surface area contributed by atoms with E-state index in [1.807, 2.05) is 18.5 Å². The van der Waals surface area contributed by atoms with Crippen LogP contribution >= 0.6 is 0 Å². The minimum Gasteiger partial charge on any atom is -0.353 e. The lowest BCUT2D eigenvalue weighted by Crippen LogP contribution is -2.21. The van der Waals surface area contributed by atoms with Crippen molar-refractivity contribution in [3.8, 4) is 33.6 Å². The SMILES string of the molecule is CC(C)(C)c1cc(N(c2cc(C(C)(C)C)cc(C(C)(C)C)c2)c2ccnc(-c3cc(C(C)(C)C)cc4c3[nH]c3c(-c5cccc(-c6ccccn6)c5)cc(C(C)(C)C)cc34)c2)cc(C(C)(C)C)c1. The lowest BCUT2D eigenvalue weighted by molar-refractivity contribution is 0.568. The number of benzene rings is 5. The standard InChI is InChI=1S/C64H76N4/c1-59(2,3)42-29-43(60(4,5)6)32-49(31-42)68(50-33-44(61(7,8)9)30-45(34-50)62(10,11)12)48-25-27-66-56(39-48)54-38-47(64(16,17)18)37-53-52-36-46(63(13,14)15)35-51(57(52)67-58(53)54)40-22-21-23-41(28-40)55-24-19-20-26-65-55/h19-39,67H,1-18H3. The summed E-state index contributed by atoms with van der Waals surface area (Å²) in [6, 6.07) is 43.6. The highest BCUT2D eigenvalue weighted by Gasteiger charge is 2.29. The molecule has 1 N–H and O–H groups in total. The van der Waals surface area contributed by atoms with Gasteiger partial charge in [-0.3, -0.25) is 9.97 Å². The summed E-state index contributed by atoms with van der Waals surface area (Å²) in [5.74, 6) is 0. The third kappa shape index (κ3) is 9.80. The zero-order chi connectivity index (χ0) is 49.5. The lowest BCUT2D eigenvalue weighted by Gasteiger charge is -2.33. The molecule has 0 fully saturated rings. The lowest BCUT2D eigenvalue weighted by atomic mass is 9.79. The average Bonchev–Trinajstić information content (AvgIpc) is 3.63. The van der Waals surface area contributed by atoms with Crippen LogP contribution in [-0.4, -0.2) is 15.0 Å². The molecule has 0 aliphatic carbocycles. The number of H-pyrrole nitrogens is 1. The molecule has 0 saturated heterocycles. The molecule has 0 amide bonds. The second-order valence-electron chi connectivity index (χ2n) is 25.6. The molecule has 8 aromatic rings. The van der Waals surface area contributed by atoms with E-state index in [2.05, 4.69) is 244 Å². The quantitative estimate of drug-likeness (QED) is 0.181. The van der Waals surface area contributed by atoms with Gasteiger partial charge in [0.2, 0.25) is 0 Å². The van der Waals surface area contributed by atoms with Crippen LogP contribution in [0.4, 0.5) is 17.1 Å². The van der Waals surface area contributed by atoms with E-state index in [1.54, 1.807) is 0 Å². The van der Waals surface area contributed by atoms with Gasteiger partial charge in [-0.25, -0.2) is 0 Å². The van der Waals surface area contributed by atoms with Crippen LogP contribution in [0.3, 0.4) is 0 Å². The molecule has 0 saturated carbocycles. The third-order valence-corrected chi connectivity index (χ3v) is 13.8. The number of nitrogens with one attached hydrogen (secondary N) is 1. The van der Waals surface area contributed by atoms with Crippen LogP contribution in [0.1, 0.15) is 158 Å². The Morgan fingerprint density at radius 3 is 1.22 bits per heavy atom. The minimum atomic E-state index is -0.120. The number of aromatic amines is 1. The first-order chi connectivity index (χ1) is 31.5. The Kier molecular flexibility index (Phi) is 12.0. The molecule has 4 heteroatoms. The van der Waals surface area contributed by atoms with Gasteiger partial charge in [-0.1, -0.05) is 161 Å². The van der Waals surface area contributed by atoms with Gasteiger partial charge in [-0.05, 0) is 150 Å². The number of anilines is 3. The van der Waals surface area contributed by atoms with Gasteiger partial charge in [-0.2, -0.15) is 0 Å². The summed E-state index contributed by atoms with van der Waals surface area (Å²) in [6.07, 6.45) is 3.88. The minimum absolute atomic E-state index is 0.0605. The highest BCUT2D eigenvalue weighted by molar-refractivity contribution is 6.16. The van der Waals surface area contributed by atoms with Crippen molar-refractivity contribution in [2.24, 2.45) is 0 Å². The Morgan fingerprint density at radius 1 is 0.338 bits per heavy atom. The van der Waals surface area contributed by atoms with Gasteiger partial charge in [0.1, 0.15) is 0 Å². The highest BCUT2D eigenvalue weighted by atomic mass is 15.1. The molecular weight excluding hydrogens is 825 g/mol. The van der Waals surface area contributed by atoms with Crippen LogP contribution in [0.5, 0.6) is 0 Å². The Morgan fingerprint density at radius 2 is 0.765 bits per heavy atom. The van der Waals surface area contributed by atoms with Crippen molar-refractivity contribution in [1.29, 1.82) is 0 Å². The van der Waals surface area contributed by atoms with Crippen molar-refractivity contribution in [2.75, 3.05) is 4.90 Å². The Hall–Kier alpha value is -6.00. The number of pyridine rings is 2. The van der Waals surface area contributed by atoms with Crippen molar-refractivity contribution in [2.45, 2.75) is 157 Å². The maximum Gasteiger partial charge on any atom is 0.0744 e. The molecule has 8 rings (SSSR count). The van der Waals surface area contributed by atoms with Crippen LogP contribution in [0, 0.1) is 0 Å². The molecule has 0 spiro atoms. The van der Waals surface area contributed by atoms with Crippen molar-refractivity contribution < 1.29 is 0 Å². The van der Waals surface area contributed by atoms with Crippen molar-refractivity contribution >= 4 is 38.9 Å². The van der Waals surface area contributed by atoms with E-state index in [9.17, 15) is 0 Å². The van der Waals surface area contributed by atoms with Gasteiger partial charge in [0.05, 0.1) is 22.4 Å². The summed E-state index contributed by atoms with van der Waals surface area (Å²) in [5.41, 5.74) is 19.4. The molecule has 4 nitrogen and oxygen atoms in total. The van der Waals surface area contributed by atoms with Crippen molar-refractivity contribution in [3.05, 3.63) is 161 Å². The molecule has 0 unspecified atom stereocenters. The number of hydrogen-bond acceptors (Lipinski definition) is 3. The van der Waals surface area contributed by atoms with E-state index in [0.29, 0.717) is 0 Å². The Balaban J connectivity index is 1.44. The van der Waals surface area contributed by atoms with E-state index < -0.39 is 0 Å². The Labute approximate surface area is 408 Å². The predicted molar refractivity (Wildman–Crippen MR) is 295 cm³/mol. The first-order valence-electron chi connectivity index (χ1n) is 24.7. The highest BCUT2D eigenvalue weighted by Crippen LogP contribution is 2.46. The number of fused-ring (bicyclic) bond motifs is 3. The number of hydrogen-bond donors (Lipinski definition) is 1. The van der Waals surface area contributed by atoms with Gasteiger partial charge >= 0.3 is 0 Å². The van der Waals surface area contributed by atoms with E-state index in [1.165, 1.54) is 49.7 Å². The average molecular weight is 901 g/mol. The van der Waals surface area contributed by atoms with Crippen LogP contribution < -0.4 is 4.90 Å². The van der Waals surface area contributed by atoms with E-state index in [-0.39, 0.29) is 32.5 Å². The molecule has 0 aliphatic heterocycles. The number of rotatable bonds is 6. The number of aromatic nitrogens is 3. The normalized spacial score (nSPS) is 13.1. The van der Waals surface area contributed by atoms with E-state index in [4.69, 9.17) is 9.97 Å². The largest absolute Gasteiger partial charge is 0.353 e. The van der Waals surface area contributed by atoms with Gasteiger partial charge in [0.25, 0.3) is 0 Å². The number of nitrogens with zero attached hydrogens (tertiary/aromatic N) is 3. The second-order valence-corrected chi connectivity index (χ2v) is 25.6. The van der Waals surface area contributed by atoms with Crippen molar-refractivity contribution in [3.63, 3.8) is 0 Å². The van der Waals surface area contributed by atoms with Crippen molar-refractivity contribution in [1.82, 2.24) is 15.0 Å². The molecule has 0 aliphatic rings. The molecular formula is C64H76N4. The molecule has 0 radical (unpaired) electrons. The first-order valence-corrected chi connectivity index (χ1v) is 24.7.